The monoisotopic (exact) mass is 568 g/mol. The quantitative estimate of drug-likeness (QED) is 0.205. The number of hydrogen-bond donors (Lipinski definition) is 2. The van der Waals surface area contributed by atoms with Gasteiger partial charge in [0.2, 0.25) is 0 Å². The van der Waals surface area contributed by atoms with Crippen LogP contribution in [0.5, 0.6) is 0 Å². The molecule has 1 heterocycles. The Kier molecular flexibility index (Phi) is 10.0. The van der Waals surface area contributed by atoms with Gasteiger partial charge in [-0.3, -0.25) is 18.5 Å². The molecule has 3 rings (SSSR count). The van der Waals surface area contributed by atoms with Crippen LogP contribution < -0.4 is 9.79 Å². The maximum absolute atomic E-state index is 12.6. The fourth-order valence-corrected chi connectivity index (χ4v) is 5.07. The minimum absolute atomic E-state index is 0.129. The van der Waals surface area contributed by atoms with Gasteiger partial charge in [0.15, 0.2) is 0 Å². The highest BCUT2D eigenvalue weighted by Gasteiger charge is 2.38. The Morgan fingerprint density at radius 3 is 2.23 bits per heavy atom. The summed E-state index contributed by atoms with van der Waals surface area (Å²) in [7, 11) is 1.51. The largest absolute Gasteiger partial charge is 0.755 e. The first kappa shape index (κ1) is 27.1. The molecule has 1 saturated heterocycles. The van der Waals surface area contributed by atoms with Crippen molar-refractivity contribution in [2.45, 2.75) is 18.9 Å². The third-order valence-corrected chi connectivity index (χ3v) is 7.14. The Balaban J connectivity index is 1.77. The summed E-state index contributed by atoms with van der Waals surface area (Å²) in [4.78, 5) is 26.3. The van der Waals surface area contributed by atoms with E-state index in [-0.39, 0.29) is 32.0 Å². The molecule has 2 unspecified atom stereocenters. The van der Waals surface area contributed by atoms with Crippen LogP contribution in [0.3, 0.4) is 0 Å². The number of carbonyl (C=O) groups excluding carboxylic acids is 2. The standard InChI is InChI=1S/C23H28BrN3O7S/c1-33-14-15-34-23(29)26-12-10-18(11-13-26)21(22(28)25-30)27(35(31)32)20-8-4-17(5-9-20)16-2-6-19(24)7-3-16/h2-9,18,21,30H,10-15H2,1H3,(H,25,28)(H,31,32)/p-1. The molecule has 1 fully saturated rings. The van der Waals surface area contributed by atoms with Crippen molar-refractivity contribution in [3.8, 4) is 11.1 Å². The first-order valence-electron chi connectivity index (χ1n) is 10.9. The summed E-state index contributed by atoms with van der Waals surface area (Å²) in [5.74, 6) is -1.28. The molecule has 0 aromatic heterocycles. The van der Waals surface area contributed by atoms with E-state index >= 15 is 0 Å². The van der Waals surface area contributed by atoms with E-state index in [1.165, 1.54) is 12.0 Å². The highest BCUT2D eigenvalue weighted by Crippen LogP contribution is 2.31. The molecule has 0 aliphatic carbocycles. The number of methoxy groups -OCH3 is 1. The van der Waals surface area contributed by atoms with Crippen LogP contribution in [0.1, 0.15) is 12.8 Å². The fraction of sp³-hybridized carbons (Fsp3) is 0.391. The summed E-state index contributed by atoms with van der Waals surface area (Å²) in [5, 5.41) is 9.36. The van der Waals surface area contributed by atoms with Gasteiger partial charge in [-0.1, -0.05) is 40.2 Å². The third kappa shape index (κ3) is 7.01. The van der Waals surface area contributed by atoms with E-state index in [0.29, 0.717) is 12.8 Å². The molecule has 2 atom stereocenters. The van der Waals surface area contributed by atoms with E-state index in [9.17, 15) is 23.6 Å². The van der Waals surface area contributed by atoms with Crippen molar-refractivity contribution in [3.63, 3.8) is 0 Å². The third-order valence-electron chi connectivity index (χ3n) is 5.85. The van der Waals surface area contributed by atoms with Crippen molar-refractivity contribution in [2.24, 2.45) is 5.92 Å². The molecule has 10 nitrogen and oxygen atoms in total. The molecule has 190 valence electrons. The minimum atomic E-state index is -2.80. The van der Waals surface area contributed by atoms with E-state index in [1.54, 1.807) is 29.7 Å². The normalized spacial score (nSPS) is 15.8. The number of nitrogens with one attached hydrogen (secondary N) is 1. The predicted molar refractivity (Wildman–Crippen MR) is 132 cm³/mol. The van der Waals surface area contributed by atoms with Crippen LogP contribution in [0.2, 0.25) is 0 Å². The predicted octanol–water partition coefficient (Wildman–Crippen LogP) is 3.09. The smallest absolute Gasteiger partial charge is 0.409 e. The molecule has 35 heavy (non-hydrogen) atoms. The van der Waals surface area contributed by atoms with Crippen LogP contribution in [0.4, 0.5) is 10.5 Å². The summed E-state index contributed by atoms with van der Waals surface area (Å²) in [6.45, 7) is 0.983. The molecule has 1 aliphatic rings. The Morgan fingerprint density at radius 2 is 1.71 bits per heavy atom. The number of likely N-dealkylation sites (tertiary alicyclic amines) is 1. The van der Waals surface area contributed by atoms with Crippen LogP contribution in [0, 0.1) is 5.92 Å². The van der Waals surface area contributed by atoms with Crippen LogP contribution in [0.25, 0.3) is 11.1 Å². The number of amides is 2. The molecule has 0 bridgehead atoms. The number of nitrogens with zero attached hydrogens (tertiary/aromatic N) is 2. The lowest BCUT2D eigenvalue weighted by Crippen LogP contribution is -2.54. The van der Waals surface area contributed by atoms with Gasteiger partial charge in [0, 0.05) is 41.6 Å². The van der Waals surface area contributed by atoms with Crippen molar-refractivity contribution in [1.29, 1.82) is 0 Å². The average molecular weight is 569 g/mol. The molecule has 12 heteroatoms. The Morgan fingerprint density at radius 1 is 1.14 bits per heavy atom. The Bertz CT molecular complexity index is 1010. The molecule has 2 N–H and O–H groups in total. The fourth-order valence-electron chi connectivity index (χ4n) is 4.06. The Labute approximate surface area is 214 Å². The van der Waals surface area contributed by atoms with E-state index in [0.717, 1.165) is 19.9 Å². The number of piperidine rings is 1. The summed E-state index contributed by atoms with van der Waals surface area (Å²) < 4.78 is 36.5. The molecule has 0 spiro atoms. The topological polar surface area (TPSA) is 131 Å². The zero-order valence-corrected chi connectivity index (χ0v) is 21.5. The van der Waals surface area contributed by atoms with E-state index in [1.807, 2.05) is 24.3 Å². The van der Waals surface area contributed by atoms with Gasteiger partial charge in [-0.05, 0) is 54.2 Å². The number of ether oxygens (including phenoxy) is 2. The van der Waals surface area contributed by atoms with Gasteiger partial charge < -0.3 is 18.9 Å². The molecule has 2 aromatic carbocycles. The zero-order valence-electron chi connectivity index (χ0n) is 19.1. The van der Waals surface area contributed by atoms with Crippen molar-refractivity contribution >= 4 is 44.9 Å². The van der Waals surface area contributed by atoms with Crippen molar-refractivity contribution < 1.29 is 33.0 Å². The van der Waals surface area contributed by atoms with Gasteiger partial charge in [0.25, 0.3) is 5.91 Å². The minimum Gasteiger partial charge on any atom is -0.755 e. The van der Waals surface area contributed by atoms with Crippen LogP contribution >= 0.6 is 15.9 Å². The van der Waals surface area contributed by atoms with Gasteiger partial charge in [-0.15, -0.1) is 0 Å². The molecular formula is C23H27BrN3O7S-. The molecule has 0 radical (unpaired) electrons. The van der Waals surface area contributed by atoms with Crippen molar-refractivity contribution in [2.75, 3.05) is 37.7 Å². The van der Waals surface area contributed by atoms with E-state index in [2.05, 4.69) is 15.9 Å². The highest BCUT2D eigenvalue weighted by molar-refractivity contribution is 9.10. The summed E-state index contributed by atoms with van der Waals surface area (Å²) in [6.07, 6.45) is 0.209. The van der Waals surface area contributed by atoms with Gasteiger partial charge >= 0.3 is 6.09 Å². The number of carbonyl (C=O) groups is 2. The average Bonchev–Trinajstić information content (AvgIpc) is 2.87. The second-order valence-electron chi connectivity index (χ2n) is 7.95. The number of benzene rings is 2. The number of hydrogen-bond acceptors (Lipinski definition) is 7. The second-order valence-corrected chi connectivity index (χ2v) is 9.69. The first-order chi connectivity index (χ1) is 16.8. The molecule has 1 aliphatic heterocycles. The first-order valence-corrected chi connectivity index (χ1v) is 12.8. The van der Waals surface area contributed by atoms with Gasteiger partial charge in [-0.25, -0.2) is 10.3 Å². The highest BCUT2D eigenvalue weighted by atomic mass is 79.9. The number of anilines is 1. The SMILES string of the molecule is COCCOC(=O)N1CCC(C(C(=O)NO)N(c2ccc(-c3ccc(Br)cc3)cc2)S(=O)[O-])CC1. The maximum Gasteiger partial charge on any atom is 0.409 e. The zero-order chi connectivity index (χ0) is 25.4. The number of rotatable bonds is 9. The lowest BCUT2D eigenvalue weighted by molar-refractivity contribution is -0.131. The van der Waals surface area contributed by atoms with Crippen LogP contribution in [-0.2, 0) is 25.5 Å². The number of halogens is 1. The van der Waals surface area contributed by atoms with E-state index in [4.69, 9.17) is 9.47 Å². The van der Waals surface area contributed by atoms with Crippen molar-refractivity contribution in [1.82, 2.24) is 10.4 Å². The van der Waals surface area contributed by atoms with Gasteiger partial charge in [0.05, 0.1) is 6.61 Å². The molecular weight excluding hydrogens is 542 g/mol. The van der Waals surface area contributed by atoms with Crippen molar-refractivity contribution in [3.05, 3.63) is 53.0 Å². The number of hydroxylamine groups is 1. The molecule has 2 aromatic rings. The lowest BCUT2D eigenvalue weighted by Gasteiger charge is -2.41. The lowest BCUT2D eigenvalue weighted by atomic mass is 9.88. The van der Waals surface area contributed by atoms with E-state index < -0.39 is 35.2 Å². The summed E-state index contributed by atoms with van der Waals surface area (Å²) in [6, 6.07) is 13.3. The maximum atomic E-state index is 12.6. The molecule has 0 saturated carbocycles. The summed E-state index contributed by atoms with van der Waals surface area (Å²) >= 11 is 0.598. The second kappa shape index (κ2) is 13.0. The van der Waals surface area contributed by atoms with Crippen LogP contribution in [-0.4, -0.2) is 70.3 Å². The van der Waals surface area contributed by atoms with Gasteiger partial charge in [0.1, 0.15) is 12.6 Å². The molecule has 2 amide bonds. The van der Waals surface area contributed by atoms with Crippen LogP contribution in [0.15, 0.2) is 53.0 Å². The Hall–Kier alpha value is -2.51. The van der Waals surface area contributed by atoms with Gasteiger partial charge in [-0.2, -0.15) is 0 Å². The summed E-state index contributed by atoms with van der Waals surface area (Å²) in [5.41, 5.74) is 3.71.